The molecule has 0 radical (unpaired) electrons. The van der Waals surface area contributed by atoms with E-state index in [-0.39, 0.29) is 17.7 Å². The number of aromatic nitrogens is 2. The fourth-order valence-electron chi connectivity index (χ4n) is 4.62. The number of anilines is 1. The Hall–Kier alpha value is -3.70. The molecule has 3 aliphatic rings. The van der Waals surface area contributed by atoms with Gasteiger partial charge in [-0.1, -0.05) is 0 Å². The third-order valence-corrected chi connectivity index (χ3v) is 6.46. The minimum absolute atomic E-state index is 0.230. The molecule has 0 saturated carbocycles. The number of likely N-dealkylation sites (tertiary alicyclic amines) is 1. The summed E-state index contributed by atoms with van der Waals surface area (Å²) in [5.41, 5.74) is 0.0916. The molecule has 1 atom stereocenters. The number of urea groups is 1. The number of hydrazone groups is 1. The summed E-state index contributed by atoms with van der Waals surface area (Å²) in [6, 6.07) is 2.22. The van der Waals surface area contributed by atoms with E-state index in [4.69, 9.17) is 0 Å². The van der Waals surface area contributed by atoms with Crippen LogP contribution in [0.4, 0.5) is 23.9 Å². The minimum Gasteiger partial charge on any atom is -0.337 e. The first kappa shape index (κ1) is 23.1. The van der Waals surface area contributed by atoms with Crippen molar-refractivity contribution in [2.24, 2.45) is 5.10 Å². The predicted molar refractivity (Wildman–Crippen MR) is 120 cm³/mol. The molecule has 1 unspecified atom stereocenters. The van der Waals surface area contributed by atoms with Gasteiger partial charge in [0.05, 0.1) is 12.2 Å². The van der Waals surface area contributed by atoms with Crippen molar-refractivity contribution in [1.29, 1.82) is 0 Å². The fraction of sp³-hybridized carbons (Fsp3) is 0.435. The number of nitrogens with zero attached hydrogens (tertiary/aromatic N) is 7. The maximum absolute atomic E-state index is 14.3. The van der Waals surface area contributed by atoms with Crippen molar-refractivity contribution in [3.8, 4) is 0 Å². The van der Waals surface area contributed by atoms with Crippen LogP contribution in [-0.2, 0) is 0 Å². The molecular weight excluding hydrogens is 463 g/mol. The van der Waals surface area contributed by atoms with Gasteiger partial charge in [-0.15, -0.1) is 0 Å². The zero-order valence-electron chi connectivity index (χ0n) is 18.9. The highest BCUT2D eigenvalue weighted by atomic mass is 19.1. The lowest BCUT2D eigenvalue weighted by Crippen LogP contribution is -2.52. The largest absolute Gasteiger partial charge is 0.341 e. The molecule has 12 heteroatoms. The van der Waals surface area contributed by atoms with Crippen LogP contribution in [0.15, 0.2) is 29.5 Å². The average Bonchev–Trinajstić information content (AvgIpc) is 3.56. The third-order valence-electron chi connectivity index (χ3n) is 6.46. The van der Waals surface area contributed by atoms with E-state index in [9.17, 15) is 22.8 Å². The molecule has 0 N–H and O–H groups in total. The van der Waals surface area contributed by atoms with Gasteiger partial charge in [-0.25, -0.2) is 32.9 Å². The lowest BCUT2D eigenvalue weighted by atomic mass is 10.0. The van der Waals surface area contributed by atoms with Gasteiger partial charge in [-0.05, 0) is 30.5 Å². The molecule has 184 valence electrons. The van der Waals surface area contributed by atoms with Gasteiger partial charge >= 0.3 is 6.03 Å². The molecule has 2 aromatic rings. The van der Waals surface area contributed by atoms with E-state index in [1.54, 1.807) is 20.9 Å². The van der Waals surface area contributed by atoms with Crippen LogP contribution in [0.1, 0.15) is 41.4 Å². The zero-order valence-corrected chi connectivity index (χ0v) is 18.9. The van der Waals surface area contributed by atoms with E-state index in [2.05, 4.69) is 15.1 Å². The van der Waals surface area contributed by atoms with Gasteiger partial charge < -0.3 is 14.7 Å². The summed E-state index contributed by atoms with van der Waals surface area (Å²) in [6.07, 6.45) is 4.68. The number of halogens is 3. The van der Waals surface area contributed by atoms with Crippen molar-refractivity contribution in [1.82, 2.24) is 24.8 Å². The molecule has 0 aliphatic carbocycles. The van der Waals surface area contributed by atoms with Gasteiger partial charge in [0.1, 0.15) is 11.6 Å². The van der Waals surface area contributed by atoms with Crippen molar-refractivity contribution < 1.29 is 22.8 Å². The Morgan fingerprint density at radius 1 is 0.886 bits per heavy atom. The standard InChI is InChI=1S/C23H24F3N7O2/c24-16-11-15(12-17(25)13-16)19-3-4-28-33(19)23(35)32-9-7-31(8-10-32)22-27-14-18(26)20(29-22)21(34)30-5-1-2-6-30/h4,11-14,19H,1-3,5-10H2. The number of hydrogen-bond acceptors (Lipinski definition) is 6. The Balaban J connectivity index is 1.25. The minimum atomic E-state index is -0.758. The number of rotatable bonds is 3. The molecule has 3 amide bonds. The Bertz CT molecular complexity index is 1140. The number of piperazine rings is 1. The van der Waals surface area contributed by atoms with Gasteiger partial charge in [0.15, 0.2) is 11.5 Å². The number of carbonyl (C=O) groups excluding carboxylic acids is 2. The highest BCUT2D eigenvalue weighted by molar-refractivity contribution is 5.93. The third kappa shape index (κ3) is 4.64. The van der Waals surface area contributed by atoms with Crippen molar-refractivity contribution >= 4 is 24.1 Å². The average molecular weight is 487 g/mol. The predicted octanol–water partition coefficient (Wildman–Crippen LogP) is 2.80. The maximum Gasteiger partial charge on any atom is 0.341 e. The first-order valence-corrected chi connectivity index (χ1v) is 11.5. The van der Waals surface area contributed by atoms with E-state index >= 15 is 0 Å². The van der Waals surface area contributed by atoms with Crippen LogP contribution in [0.5, 0.6) is 0 Å². The highest BCUT2D eigenvalue weighted by Crippen LogP contribution is 2.30. The summed E-state index contributed by atoms with van der Waals surface area (Å²) in [4.78, 5) is 39.0. The summed E-state index contributed by atoms with van der Waals surface area (Å²) in [5, 5.41) is 5.37. The quantitative estimate of drug-likeness (QED) is 0.665. The van der Waals surface area contributed by atoms with E-state index in [0.29, 0.717) is 51.3 Å². The summed E-state index contributed by atoms with van der Waals surface area (Å²) < 4.78 is 41.7. The van der Waals surface area contributed by atoms with Crippen molar-refractivity contribution in [2.75, 3.05) is 44.2 Å². The molecule has 3 aliphatic heterocycles. The first-order chi connectivity index (χ1) is 16.9. The lowest BCUT2D eigenvalue weighted by molar-refractivity contribution is 0.0781. The Morgan fingerprint density at radius 2 is 1.57 bits per heavy atom. The fourth-order valence-corrected chi connectivity index (χ4v) is 4.62. The number of hydrogen-bond donors (Lipinski definition) is 0. The first-order valence-electron chi connectivity index (χ1n) is 11.5. The molecule has 1 aromatic carbocycles. The van der Waals surface area contributed by atoms with Crippen molar-refractivity contribution in [3.05, 3.63) is 53.1 Å². The van der Waals surface area contributed by atoms with Gasteiger partial charge in [0.2, 0.25) is 5.95 Å². The van der Waals surface area contributed by atoms with Crippen LogP contribution in [-0.4, -0.2) is 82.2 Å². The van der Waals surface area contributed by atoms with Crippen LogP contribution in [0.2, 0.25) is 0 Å². The monoisotopic (exact) mass is 487 g/mol. The van der Waals surface area contributed by atoms with Crippen LogP contribution in [0.25, 0.3) is 0 Å². The normalized spacial score (nSPS) is 20.1. The highest BCUT2D eigenvalue weighted by Gasteiger charge is 2.34. The molecule has 4 heterocycles. The number of carbonyl (C=O) groups is 2. The van der Waals surface area contributed by atoms with E-state index in [1.165, 1.54) is 17.1 Å². The molecular formula is C23H24F3N7O2. The zero-order chi connectivity index (χ0) is 24.5. The lowest BCUT2D eigenvalue weighted by Gasteiger charge is -2.37. The van der Waals surface area contributed by atoms with Crippen LogP contribution in [0.3, 0.4) is 0 Å². The van der Waals surface area contributed by atoms with Crippen LogP contribution < -0.4 is 4.90 Å². The topological polar surface area (TPSA) is 85.2 Å². The van der Waals surface area contributed by atoms with E-state index in [1.807, 2.05) is 0 Å². The van der Waals surface area contributed by atoms with Gasteiger partial charge in [-0.2, -0.15) is 5.10 Å². The van der Waals surface area contributed by atoms with Gasteiger partial charge in [0, 0.05) is 58.0 Å². The second-order valence-corrected chi connectivity index (χ2v) is 8.72. The number of amides is 3. The summed E-state index contributed by atoms with van der Waals surface area (Å²) >= 11 is 0. The second-order valence-electron chi connectivity index (χ2n) is 8.72. The van der Waals surface area contributed by atoms with Gasteiger partial charge in [0.25, 0.3) is 5.91 Å². The molecule has 0 bridgehead atoms. The molecule has 9 nitrogen and oxygen atoms in total. The Morgan fingerprint density at radius 3 is 2.26 bits per heavy atom. The van der Waals surface area contributed by atoms with E-state index in [0.717, 1.165) is 25.1 Å². The second kappa shape index (κ2) is 9.51. The van der Waals surface area contributed by atoms with E-state index < -0.39 is 29.4 Å². The smallest absolute Gasteiger partial charge is 0.337 e. The molecule has 2 saturated heterocycles. The molecule has 35 heavy (non-hydrogen) atoms. The van der Waals surface area contributed by atoms with Crippen molar-refractivity contribution in [3.63, 3.8) is 0 Å². The Kier molecular flexibility index (Phi) is 6.27. The molecule has 0 spiro atoms. The Labute approximate surface area is 199 Å². The molecule has 1 aromatic heterocycles. The van der Waals surface area contributed by atoms with Gasteiger partial charge in [-0.3, -0.25) is 4.79 Å². The maximum atomic E-state index is 14.3. The summed E-state index contributed by atoms with van der Waals surface area (Å²) in [7, 11) is 0. The van der Waals surface area contributed by atoms with Crippen molar-refractivity contribution in [2.45, 2.75) is 25.3 Å². The summed E-state index contributed by atoms with van der Waals surface area (Å²) in [6.45, 7) is 2.52. The van der Waals surface area contributed by atoms with Crippen LogP contribution >= 0.6 is 0 Å². The van der Waals surface area contributed by atoms with Crippen LogP contribution in [0, 0.1) is 17.5 Å². The SMILES string of the molecule is O=C(c1nc(N2CCN(C(=O)N3N=CCC3c3cc(F)cc(F)c3)CC2)ncc1F)N1CCCC1. The molecule has 2 fully saturated rings. The molecule has 5 rings (SSSR count). The number of benzene rings is 1. The summed E-state index contributed by atoms with van der Waals surface area (Å²) in [5.74, 6) is -2.40.